The fourth-order valence-corrected chi connectivity index (χ4v) is 8.92. The lowest BCUT2D eigenvalue weighted by Crippen LogP contribution is -2.30. The van der Waals surface area contributed by atoms with Crippen molar-refractivity contribution >= 4 is 17.9 Å². The first-order chi connectivity index (χ1) is 34.5. The number of rotatable bonds is 56. The molecule has 0 spiro atoms. The Morgan fingerprint density at radius 1 is 0.286 bits per heavy atom. The first-order valence-electron chi connectivity index (χ1n) is 30.6. The Balaban J connectivity index is 4.32. The fourth-order valence-electron chi connectivity index (χ4n) is 8.92. The summed E-state index contributed by atoms with van der Waals surface area (Å²) < 4.78 is 16.9. The second-order valence-corrected chi connectivity index (χ2v) is 20.6. The molecule has 6 nitrogen and oxygen atoms in total. The summed E-state index contributed by atoms with van der Waals surface area (Å²) in [6, 6.07) is 0. The molecule has 0 aromatic rings. The van der Waals surface area contributed by atoms with Gasteiger partial charge in [0.05, 0.1) is 0 Å². The number of esters is 3. The highest BCUT2D eigenvalue weighted by Crippen LogP contribution is 2.16. The van der Waals surface area contributed by atoms with Crippen LogP contribution in [-0.4, -0.2) is 37.2 Å². The number of hydrogen-bond acceptors (Lipinski definition) is 6. The molecule has 0 fully saturated rings. The van der Waals surface area contributed by atoms with E-state index in [2.05, 4.69) is 69.4 Å². The van der Waals surface area contributed by atoms with E-state index in [0.717, 1.165) is 83.5 Å². The Kier molecular flexibility index (Phi) is 56.7. The fraction of sp³-hybridized carbons (Fsp3) is 0.828. The van der Waals surface area contributed by atoms with E-state index >= 15 is 0 Å². The Bertz CT molecular complexity index is 1220. The molecule has 0 aromatic heterocycles. The van der Waals surface area contributed by atoms with Crippen LogP contribution in [0.2, 0.25) is 0 Å². The van der Waals surface area contributed by atoms with Crippen LogP contribution in [0.3, 0.4) is 0 Å². The highest BCUT2D eigenvalue weighted by molar-refractivity contribution is 5.71. The van der Waals surface area contributed by atoms with Gasteiger partial charge in [0.2, 0.25) is 0 Å². The van der Waals surface area contributed by atoms with Crippen molar-refractivity contribution in [3.05, 3.63) is 48.6 Å². The normalized spacial score (nSPS) is 12.3. The van der Waals surface area contributed by atoms with Crippen molar-refractivity contribution < 1.29 is 28.6 Å². The SMILES string of the molecule is CCCCCCC/C=C\C/C=C\C/C=C\CCCCCCCCCCC(=O)OCC(COC(=O)CCCCCCCCCCCCCCCC)OC(=O)CCCCCCC/C=C\CCCCCCCC. The summed E-state index contributed by atoms with van der Waals surface area (Å²) in [7, 11) is 0. The van der Waals surface area contributed by atoms with Crippen LogP contribution < -0.4 is 0 Å². The van der Waals surface area contributed by atoms with E-state index < -0.39 is 6.10 Å². The van der Waals surface area contributed by atoms with Gasteiger partial charge in [0.15, 0.2) is 6.10 Å². The van der Waals surface area contributed by atoms with Crippen LogP contribution in [0.5, 0.6) is 0 Å². The first-order valence-corrected chi connectivity index (χ1v) is 30.6. The molecule has 0 aliphatic heterocycles. The summed E-state index contributed by atoms with van der Waals surface area (Å²) in [4.78, 5) is 38.2. The minimum atomic E-state index is -0.778. The second kappa shape index (κ2) is 58.9. The molecule has 0 saturated heterocycles. The minimum Gasteiger partial charge on any atom is -0.462 e. The molecule has 70 heavy (non-hydrogen) atoms. The molecule has 1 unspecified atom stereocenters. The molecule has 0 saturated carbocycles. The smallest absolute Gasteiger partial charge is 0.306 e. The van der Waals surface area contributed by atoms with Gasteiger partial charge in [-0.25, -0.2) is 0 Å². The zero-order valence-corrected chi connectivity index (χ0v) is 46.8. The van der Waals surface area contributed by atoms with Crippen LogP contribution >= 0.6 is 0 Å². The summed E-state index contributed by atoms with van der Waals surface area (Å²) >= 11 is 0. The van der Waals surface area contributed by atoms with Gasteiger partial charge >= 0.3 is 17.9 Å². The van der Waals surface area contributed by atoms with Crippen LogP contribution in [-0.2, 0) is 28.6 Å². The third-order valence-electron chi connectivity index (χ3n) is 13.6. The summed E-state index contributed by atoms with van der Waals surface area (Å²) in [5.41, 5.74) is 0. The molecule has 0 rings (SSSR count). The van der Waals surface area contributed by atoms with Crippen molar-refractivity contribution in [2.45, 2.75) is 329 Å². The van der Waals surface area contributed by atoms with Crippen LogP contribution in [0.25, 0.3) is 0 Å². The van der Waals surface area contributed by atoms with E-state index in [9.17, 15) is 14.4 Å². The van der Waals surface area contributed by atoms with E-state index in [4.69, 9.17) is 14.2 Å². The molecular weight excluding hydrogens is 865 g/mol. The van der Waals surface area contributed by atoms with Crippen molar-refractivity contribution in [2.24, 2.45) is 0 Å². The number of ether oxygens (including phenoxy) is 3. The quantitative estimate of drug-likeness (QED) is 0.0261. The summed E-state index contributed by atoms with van der Waals surface area (Å²) in [5.74, 6) is -0.874. The van der Waals surface area contributed by atoms with Gasteiger partial charge in [-0.2, -0.15) is 0 Å². The third kappa shape index (κ3) is 56.3. The molecule has 0 radical (unpaired) electrons. The maximum atomic E-state index is 12.9. The predicted octanol–water partition coefficient (Wildman–Crippen LogP) is 20.6. The molecular formula is C64H116O6. The molecule has 0 N–H and O–H groups in total. The Labute approximate surface area is 435 Å². The average molecular weight is 982 g/mol. The zero-order valence-electron chi connectivity index (χ0n) is 46.8. The topological polar surface area (TPSA) is 78.9 Å². The van der Waals surface area contributed by atoms with Gasteiger partial charge in [0, 0.05) is 19.3 Å². The number of carbonyl (C=O) groups is 3. The van der Waals surface area contributed by atoms with Gasteiger partial charge < -0.3 is 14.2 Å². The van der Waals surface area contributed by atoms with Gasteiger partial charge in [0.1, 0.15) is 13.2 Å². The molecule has 0 aliphatic carbocycles. The number of unbranched alkanes of at least 4 members (excludes halogenated alkanes) is 37. The Morgan fingerprint density at radius 3 is 0.814 bits per heavy atom. The van der Waals surface area contributed by atoms with Gasteiger partial charge in [-0.3, -0.25) is 14.4 Å². The largest absolute Gasteiger partial charge is 0.462 e. The number of hydrogen-bond donors (Lipinski definition) is 0. The van der Waals surface area contributed by atoms with Crippen molar-refractivity contribution in [1.82, 2.24) is 0 Å². The highest BCUT2D eigenvalue weighted by atomic mass is 16.6. The molecule has 0 bridgehead atoms. The Hall–Kier alpha value is -2.63. The molecule has 0 heterocycles. The van der Waals surface area contributed by atoms with E-state index in [1.165, 1.54) is 199 Å². The number of allylic oxidation sites excluding steroid dienone is 8. The lowest BCUT2D eigenvalue weighted by atomic mass is 10.0. The summed E-state index contributed by atoms with van der Waals surface area (Å²) in [5, 5.41) is 0. The monoisotopic (exact) mass is 981 g/mol. The van der Waals surface area contributed by atoms with Gasteiger partial charge in [0.25, 0.3) is 0 Å². The third-order valence-corrected chi connectivity index (χ3v) is 13.6. The maximum absolute atomic E-state index is 12.9. The van der Waals surface area contributed by atoms with Crippen LogP contribution in [0.4, 0.5) is 0 Å². The average Bonchev–Trinajstić information content (AvgIpc) is 3.36. The van der Waals surface area contributed by atoms with Crippen LogP contribution in [0.1, 0.15) is 323 Å². The lowest BCUT2D eigenvalue weighted by molar-refractivity contribution is -0.167. The van der Waals surface area contributed by atoms with Crippen molar-refractivity contribution in [2.75, 3.05) is 13.2 Å². The zero-order chi connectivity index (χ0) is 50.7. The second-order valence-electron chi connectivity index (χ2n) is 20.6. The first kappa shape index (κ1) is 67.4. The molecule has 408 valence electrons. The van der Waals surface area contributed by atoms with Crippen molar-refractivity contribution in [3.8, 4) is 0 Å². The van der Waals surface area contributed by atoms with E-state index in [-0.39, 0.29) is 31.1 Å². The molecule has 1 atom stereocenters. The lowest BCUT2D eigenvalue weighted by Gasteiger charge is -2.18. The predicted molar refractivity (Wildman–Crippen MR) is 302 cm³/mol. The van der Waals surface area contributed by atoms with Crippen LogP contribution in [0, 0.1) is 0 Å². The number of carbonyl (C=O) groups excluding carboxylic acids is 3. The standard InChI is InChI=1S/C64H116O6/c1-4-7-10-13-16-19-22-25-28-29-30-31-32-33-34-35-37-39-42-45-48-51-54-57-63(66)69-60-61(59-68-62(65)56-53-50-47-44-41-38-27-24-21-18-15-12-9-6-3)70-64(67)58-55-52-49-46-43-40-36-26-23-20-17-14-11-8-5-2/h22,25-26,29-30,32-33,36,61H,4-21,23-24,27-28,31,34-35,37-60H2,1-3H3/b25-22-,30-29-,33-32-,36-26-. The van der Waals surface area contributed by atoms with E-state index in [1.54, 1.807) is 0 Å². The highest BCUT2D eigenvalue weighted by Gasteiger charge is 2.19. The molecule has 0 aromatic carbocycles. The Morgan fingerprint density at radius 2 is 0.514 bits per heavy atom. The van der Waals surface area contributed by atoms with Gasteiger partial charge in [-0.05, 0) is 83.5 Å². The van der Waals surface area contributed by atoms with Gasteiger partial charge in [-0.15, -0.1) is 0 Å². The van der Waals surface area contributed by atoms with Crippen molar-refractivity contribution in [1.29, 1.82) is 0 Å². The minimum absolute atomic E-state index is 0.0755. The molecule has 0 amide bonds. The molecule has 0 aliphatic rings. The van der Waals surface area contributed by atoms with Gasteiger partial charge in [-0.1, -0.05) is 268 Å². The molecule has 6 heteroatoms. The maximum Gasteiger partial charge on any atom is 0.306 e. The summed E-state index contributed by atoms with van der Waals surface area (Å²) in [6.07, 6.45) is 72.5. The van der Waals surface area contributed by atoms with E-state index in [0.29, 0.717) is 19.3 Å². The van der Waals surface area contributed by atoms with Crippen molar-refractivity contribution in [3.63, 3.8) is 0 Å². The summed E-state index contributed by atoms with van der Waals surface area (Å²) in [6.45, 7) is 6.65. The van der Waals surface area contributed by atoms with E-state index in [1.807, 2.05) is 0 Å². The van der Waals surface area contributed by atoms with Crippen LogP contribution in [0.15, 0.2) is 48.6 Å².